The van der Waals surface area contributed by atoms with E-state index in [9.17, 15) is 48.3 Å². The van der Waals surface area contributed by atoms with Gasteiger partial charge in [0.15, 0.2) is 0 Å². The molecule has 0 nitrogen and oxygen atoms in total. The molecule has 0 amide bonds. The quantitative estimate of drug-likeness (QED) is 0.0835. The van der Waals surface area contributed by atoms with Crippen LogP contribution in [-0.2, 0) is 0 Å². The van der Waals surface area contributed by atoms with E-state index in [-0.39, 0.29) is 12.8 Å². The maximum Gasteiger partial charge on any atom is 0.460 e. The Balaban J connectivity index is 4.92. The number of unbranched alkanes of at least 4 members (excludes halogenated alkanes) is 8. The first-order valence-corrected chi connectivity index (χ1v) is 10.9. The third-order valence-electron chi connectivity index (χ3n) is 4.82. The Kier molecular flexibility index (Phi) is 11.7. The molecule has 182 valence electrons. The molecule has 0 aromatic heterocycles. The maximum absolute atomic E-state index is 14.3. The lowest BCUT2D eigenvalue weighted by molar-refractivity contribution is -0.412. The van der Waals surface area contributed by atoms with E-state index in [0.717, 1.165) is 38.5 Å². The third-order valence-corrected chi connectivity index (χ3v) is 5.88. The van der Waals surface area contributed by atoms with Crippen molar-refractivity contribution in [2.45, 2.75) is 111 Å². The van der Waals surface area contributed by atoms with Crippen molar-refractivity contribution >= 4 is 22.6 Å². The Hall–Kier alpha value is -0.0400. The standard InChI is InChI=1S/C18H26F11I/c1-2-3-4-5-6-7-8-9-10-11-13(30)12-14(19,17(24,25)26)15(20,21)16(22,23)18(27,28)29/h13H,2-12H2,1H3. The van der Waals surface area contributed by atoms with E-state index in [2.05, 4.69) is 6.92 Å². The van der Waals surface area contributed by atoms with E-state index >= 15 is 0 Å². The highest BCUT2D eigenvalue weighted by Gasteiger charge is 2.86. The molecule has 0 heterocycles. The Labute approximate surface area is 182 Å². The summed E-state index contributed by atoms with van der Waals surface area (Å²) in [4.78, 5) is 0. The van der Waals surface area contributed by atoms with Gasteiger partial charge in [0.25, 0.3) is 5.67 Å². The van der Waals surface area contributed by atoms with Crippen LogP contribution in [0.2, 0.25) is 0 Å². The summed E-state index contributed by atoms with van der Waals surface area (Å²) in [7, 11) is 0. The molecule has 0 fully saturated rings. The molecule has 0 aliphatic heterocycles. The number of halogens is 12. The molecule has 30 heavy (non-hydrogen) atoms. The van der Waals surface area contributed by atoms with Crippen molar-refractivity contribution in [3.05, 3.63) is 0 Å². The van der Waals surface area contributed by atoms with Crippen LogP contribution in [0.1, 0.15) is 77.6 Å². The SMILES string of the molecule is CCCCCCCCCCCC(I)CC(F)(C(F)(F)F)C(F)(F)C(F)(F)C(F)(F)F. The van der Waals surface area contributed by atoms with Gasteiger partial charge in [-0.2, -0.15) is 43.9 Å². The first-order chi connectivity index (χ1) is 13.5. The van der Waals surface area contributed by atoms with Crippen molar-refractivity contribution in [2.75, 3.05) is 0 Å². The Morgan fingerprint density at radius 1 is 0.567 bits per heavy atom. The Morgan fingerprint density at radius 3 is 1.33 bits per heavy atom. The van der Waals surface area contributed by atoms with Crippen LogP contribution in [0.25, 0.3) is 0 Å². The average molecular weight is 578 g/mol. The zero-order valence-corrected chi connectivity index (χ0v) is 18.5. The molecule has 0 saturated heterocycles. The molecule has 0 bridgehead atoms. The molecular weight excluding hydrogens is 552 g/mol. The highest BCUT2D eigenvalue weighted by molar-refractivity contribution is 14.1. The van der Waals surface area contributed by atoms with Crippen molar-refractivity contribution in [3.63, 3.8) is 0 Å². The van der Waals surface area contributed by atoms with Crippen molar-refractivity contribution < 1.29 is 48.3 Å². The van der Waals surface area contributed by atoms with Gasteiger partial charge in [-0.1, -0.05) is 87.3 Å². The number of rotatable bonds is 14. The lowest BCUT2D eigenvalue weighted by Crippen LogP contribution is -2.67. The number of alkyl halides is 12. The minimum Gasteiger partial charge on any atom is -0.227 e. The van der Waals surface area contributed by atoms with Crippen LogP contribution >= 0.6 is 22.6 Å². The third kappa shape index (κ3) is 7.53. The summed E-state index contributed by atoms with van der Waals surface area (Å²) in [5.41, 5.74) is -6.02. The minimum absolute atomic E-state index is 0.216. The fraction of sp³-hybridized carbons (Fsp3) is 1.00. The van der Waals surface area contributed by atoms with Crippen LogP contribution in [0.3, 0.4) is 0 Å². The van der Waals surface area contributed by atoms with Gasteiger partial charge in [-0.3, -0.25) is 0 Å². The second-order valence-corrected chi connectivity index (χ2v) is 9.13. The number of hydrogen-bond donors (Lipinski definition) is 0. The van der Waals surface area contributed by atoms with E-state index in [4.69, 9.17) is 0 Å². The summed E-state index contributed by atoms with van der Waals surface area (Å²) in [6.07, 6.45) is -8.54. The van der Waals surface area contributed by atoms with Crippen molar-refractivity contribution in [1.82, 2.24) is 0 Å². The summed E-state index contributed by atoms with van der Waals surface area (Å²) in [6.45, 7) is 2.06. The van der Waals surface area contributed by atoms with Crippen LogP contribution in [0.15, 0.2) is 0 Å². The monoisotopic (exact) mass is 578 g/mol. The van der Waals surface area contributed by atoms with E-state index in [1.807, 2.05) is 0 Å². The molecule has 2 unspecified atom stereocenters. The second kappa shape index (κ2) is 11.7. The highest BCUT2D eigenvalue weighted by atomic mass is 127. The summed E-state index contributed by atoms with van der Waals surface area (Å²) in [6, 6.07) is 0. The summed E-state index contributed by atoms with van der Waals surface area (Å²) in [5.74, 6) is -14.2. The second-order valence-electron chi connectivity index (χ2n) is 7.36. The lowest BCUT2D eigenvalue weighted by atomic mass is 9.86. The average Bonchev–Trinajstić information content (AvgIpc) is 2.57. The largest absolute Gasteiger partial charge is 0.460 e. The van der Waals surface area contributed by atoms with Gasteiger partial charge in [-0.15, -0.1) is 0 Å². The van der Waals surface area contributed by atoms with Crippen LogP contribution in [0.5, 0.6) is 0 Å². The molecule has 0 saturated carbocycles. The normalized spacial score (nSPS) is 17.1. The molecule has 0 spiro atoms. The Morgan fingerprint density at radius 2 is 0.967 bits per heavy atom. The number of hydrogen-bond acceptors (Lipinski definition) is 0. The minimum atomic E-state index is -7.18. The molecule has 0 aliphatic carbocycles. The first kappa shape index (κ1) is 30.0. The Bertz CT molecular complexity index is 488. The zero-order chi connectivity index (χ0) is 23.9. The molecule has 0 aromatic carbocycles. The topological polar surface area (TPSA) is 0 Å². The van der Waals surface area contributed by atoms with E-state index in [0.29, 0.717) is 12.8 Å². The van der Waals surface area contributed by atoms with Crippen LogP contribution in [-0.4, -0.2) is 33.8 Å². The predicted octanol–water partition coefficient (Wildman–Crippen LogP) is 9.20. The zero-order valence-electron chi connectivity index (χ0n) is 16.4. The van der Waals surface area contributed by atoms with Crippen LogP contribution < -0.4 is 0 Å². The van der Waals surface area contributed by atoms with Gasteiger partial charge in [-0.25, -0.2) is 4.39 Å². The van der Waals surface area contributed by atoms with Gasteiger partial charge in [0, 0.05) is 10.3 Å². The molecule has 12 heteroatoms. The first-order valence-electron chi connectivity index (χ1n) is 9.67. The molecule has 0 aromatic rings. The molecular formula is C18H26F11I. The summed E-state index contributed by atoms with van der Waals surface area (Å²) >= 11 is 1.18. The summed E-state index contributed by atoms with van der Waals surface area (Å²) < 4.78 is 142. The van der Waals surface area contributed by atoms with Gasteiger partial charge in [0.1, 0.15) is 0 Å². The van der Waals surface area contributed by atoms with Gasteiger partial charge in [-0.05, 0) is 6.42 Å². The fourth-order valence-corrected chi connectivity index (χ4v) is 3.98. The van der Waals surface area contributed by atoms with Gasteiger partial charge in [0.05, 0.1) is 0 Å². The van der Waals surface area contributed by atoms with Crippen LogP contribution in [0, 0.1) is 0 Å². The smallest absolute Gasteiger partial charge is 0.227 e. The van der Waals surface area contributed by atoms with Crippen LogP contribution in [0.4, 0.5) is 48.3 Å². The van der Waals surface area contributed by atoms with Gasteiger partial charge in [0.2, 0.25) is 0 Å². The molecule has 2 atom stereocenters. The van der Waals surface area contributed by atoms with Crippen molar-refractivity contribution in [3.8, 4) is 0 Å². The fourth-order valence-electron chi connectivity index (χ4n) is 2.93. The summed E-state index contributed by atoms with van der Waals surface area (Å²) in [5, 5.41) is 0. The highest BCUT2D eigenvalue weighted by Crippen LogP contribution is 2.59. The van der Waals surface area contributed by atoms with E-state index in [1.54, 1.807) is 0 Å². The molecule has 0 radical (unpaired) electrons. The van der Waals surface area contributed by atoms with E-state index < -0.39 is 40.2 Å². The van der Waals surface area contributed by atoms with Crippen molar-refractivity contribution in [2.24, 2.45) is 0 Å². The lowest BCUT2D eigenvalue weighted by Gasteiger charge is -2.40. The molecule has 0 N–H and O–H groups in total. The maximum atomic E-state index is 14.3. The molecule has 0 rings (SSSR count). The molecule has 0 aliphatic rings. The predicted molar refractivity (Wildman–Crippen MR) is 100 cm³/mol. The van der Waals surface area contributed by atoms with Gasteiger partial charge < -0.3 is 0 Å². The van der Waals surface area contributed by atoms with Gasteiger partial charge >= 0.3 is 24.2 Å². The van der Waals surface area contributed by atoms with E-state index in [1.165, 1.54) is 22.6 Å². The van der Waals surface area contributed by atoms with Crippen molar-refractivity contribution in [1.29, 1.82) is 0 Å².